The summed E-state index contributed by atoms with van der Waals surface area (Å²) < 4.78 is 32.0. The van der Waals surface area contributed by atoms with Gasteiger partial charge in [-0.1, -0.05) is 12.1 Å². The van der Waals surface area contributed by atoms with Crippen molar-refractivity contribution >= 4 is 15.7 Å². The maximum atomic E-state index is 12.6. The van der Waals surface area contributed by atoms with E-state index in [1.54, 1.807) is 25.3 Å². The molecule has 0 spiro atoms. The monoisotopic (exact) mass is 284 g/mol. The van der Waals surface area contributed by atoms with Crippen LogP contribution < -0.4 is 5.32 Å². The summed E-state index contributed by atoms with van der Waals surface area (Å²) >= 11 is 0. The van der Waals surface area contributed by atoms with Crippen molar-refractivity contribution in [3.63, 3.8) is 0 Å². The molecular weight excluding hydrogens is 264 g/mol. The van der Waals surface area contributed by atoms with E-state index in [0.717, 1.165) is 6.42 Å². The Morgan fingerprint density at radius 2 is 2.16 bits per heavy atom. The number of benzene rings is 1. The van der Waals surface area contributed by atoms with Crippen LogP contribution in [0.1, 0.15) is 13.3 Å². The Hall–Kier alpha value is -1.11. The quantitative estimate of drug-likeness (QED) is 0.891. The smallest absolute Gasteiger partial charge is 0.245 e. The first kappa shape index (κ1) is 14.3. The topological polar surface area (TPSA) is 58.6 Å². The minimum absolute atomic E-state index is 0.000992. The molecule has 0 aromatic heterocycles. The van der Waals surface area contributed by atoms with Crippen molar-refractivity contribution in [1.29, 1.82) is 0 Å². The molecule has 1 aliphatic heterocycles. The predicted octanol–water partition coefficient (Wildman–Crippen LogP) is 1.53. The fourth-order valence-electron chi connectivity index (χ4n) is 2.28. The van der Waals surface area contributed by atoms with Crippen LogP contribution in [0, 0.1) is 0 Å². The lowest BCUT2D eigenvalue weighted by atomic mass is 10.3. The van der Waals surface area contributed by atoms with Gasteiger partial charge in [0.2, 0.25) is 10.0 Å². The SMILES string of the molecule is CCNc1ccccc1S(=O)(=O)N1CCC(OC)C1. The highest BCUT2D eigenvalue weighted by Gasteiger charge is 2.33. The average molecular weight is 284 g/mol. The molecule has 1 saturated heterocycles. The molecule has 1 aliphatic rings. The van der Waals surface area contributed by atoms with Crippen molar-refractivity contribution in [2.75, 3.05) is 32.1 Å². The van der Waals surface area contributed by atoms with E-state index in [9.17, 15) is 8.42 Å². The lowest BCUT2D eigenvalue weighted by Gasteiger charge is -2.18. The van der Waals surface area contributed by atoms with Gasteiger partial charge in [-0.25, -0.2) is 8.42 Å². The molecule has 6 heteroatoms. The second kappa shape index (κ2) is 5.90. The number of rotatable bonds is 5. The maximum Gasteiger partial charge on any atom is 0.245 e. The number of anilines is 1. The van der Waals surface area contributed by atoms with Crippen LogP contribution in [-0.4, -0.2) is 45.6 Å². The molecule has 1 aromatic rings. The summed E-state index contributed by atoms with van der Waals surface area (Å²) in [6.45, 7) is 3.58. The van der Waals surface area contributed by atoms with Crippen LogP contribution in [0.15, 0.2) is 29.2 Å². The highest BCUT2D eigenvalue weighted by atomic mass is 32.2. The third kappa shape index (κ3) is 2.91. The van der Waals surface area contributed by atoms with Gasteiger partial charge in [-0.3, -0.25) is 0 Å². The molecule has 0 radical (unpaired) electrons. The Morgan fingerprint density at radius 3 is 2.79 bits per heavy atom. The maximum absolute atomic E-state index is 12.6. The van der Waals surface area contributed by atoms with Crippen molar-refractivity contribution in [1.82, 2.24) is 4.31 Å². The van der Waals surface area contributed by atoms with Gasteiger partial charge in [0.15, 0.2) is 0 Å². The molecular formula is C13H20N2O3S. The summed E-state index contributed by atoms with van der Waals surface area (Å²) in [5.41, 5.74) is 0.658. The van der Waals surface area contributed by atoms with Gasteiger partial charge in [-0.2, -0.15) is 4.31 Å². The lowest BCUT2D eigenvalue weighted by Crippen LogP contribution is -2.30. The van der Waals surface area contributed by atoms with E-state index < -0.39 is 10.0 Å². The molecule has 2 rings (SSSR count). The zero-order chi connectivity index (χ0) is 13.9. The molecule has 1 heterocycles. The van der Waals surface area contributed by atoms with Crippen LogP contribution >= 0.6 is 0 Å². The van der Waals surface area contributed by atoms with Crippen LogP contribution in [0.4, 0.5) is 5.69 Å². The van der Waals surface area contributed by atoms with Crippen molar-refractivity contribution in [3.05, 3.63) is 24.3 Å². The number of nitrogens with one attached hydrogen (secondary N) is 1. The second-order valence-corrected chi connectivity index (χ2v) is 6.44. The third-order valence-corrected chi connectivity index (χ3v) is 5.24. The molecule has 1 aromatic carbocycles. The van der Waals surface area contributed by atoms with Crippen molar-refractivity contribution < 1.29 is 13.2 Å². The van der Waals surface area contributed by atoms with E-state index in [1.165, 1.54) is 4.31 Å². The predicted molar refractivity (Wildman–Crippen MR) is 74.8 cm³/mol. The van der Waals surface area contributed by atoms with Crippen LogP contribution in [-0.2, 0) is 14.8 Å². The van der Waals surface area contributed by atoms with Crippen LogP contribution in [0.2, 0.25) is 0 Å². The zero-order valence-corrected chi connectivity index (χ0v) is 12.1. The Bertz CT molecular complexity index is 530. The summed E-state index contributed by atoms with van der Waals surface area (Å²) in [7, 11) is -1.83. The summed E-state index contributed by atoms with van der Waals surface area (Å²) in [4.78, 5) is 0.341. The number of hydrogen-bond donors (Lipinski definition) is 1. The number of sulfonamides is 1. The first-order chi connectivity index (χ1) is 9.09. The molecule has 19 heavy (non-hydrogen) atoms. The first-order valence-electron chi connectivity index (χ1n) is 6.45. The molecule has 1 atom stereocenters. The Labute approximate surface area is 114 Å². The minimum Gasteiger partial charge on any atom is -0.384 e. The van der Waals surface area contributed by atoms with Crippen molar-refractivity contribution in [2.24, 2.45) is 0 Å². The largest absolute Gasteiger partial charge is 0.384 e. The number of methoxy groups -OCH3 is 1. The van der Waals surface area contributed by atoms with Crippen molar-refractivity contribution in [2.45, 2.75) is 24.3 Å². The van der Waals surface area contributed by atoms with E-state index in [2.05, 4.69) is 5.32 Å². The highest BCUT2D eigenvalue weighted by Crippen LogP contribution is 2.27. The summed E-state index contributed by atoms with van der Waals surface area (Å²) in [6.07, 6.45) is 0.750. The molecule has 0 saturated carbocycles. The van der Waals surface area contributed by atoms with Gasteiger partial charge in [0.25, 0.3) is 0 Å². The molecule has 0 aliphatic carbocycles. The van der Waals surface area contributed by atoms with Gasteiger partial charge in [0.1, 0.15) is 4.90 Å². The zero-order valence-electron chi connectivity index (χ0n) is 11.3. The Balaban J connectivity index is 2.30. The van der Waals surface area contributed by atoms with E-state index in [4.69, 9.17) is 4.74 Å². The molecule has 106 valence electrons. The molecule has 5 nitrogen and oxygen atoms in total. The van der Waals surface area contributed by atoms with Gasteiger partial charge in [-0.15, -0.1) is 0 Å². The summed E-state index contributed by atoms with van der Waals surface area (Å²) in [5, 5.41) is 3.09. The van der Waals surface area contributed by atoms with E-state index in [0.29, 0.717) is 30.2 Å². The fourth-order valence-corrected chi connectivity index (χ4v) is 3.93. The van der Waals surface area contributed by atoms with Crippen LogP contribution in [0.5, 0.6) is 0 Å². The number of ether oxygens (including phenoxy) is 1. The van der Waals surface area contributed by atoms with Gasteiger partial charge in [0.05, 0.1) is 11.8 Å². The summed E-state index contributed by atoms with van der Waals surface area (Å²) in [6, 6.07) is 7.02. The summed E-state index contributed by atoms with van der Waals surface area (Å²) in [5.74, 6) is 0. The molecule has 0 amide bonds. The van der Waals surface area contributed by atoms with E-state index in [1.807, 2.05) is 13.0 Å². The number of nitrogens with zero attached hydrogens (tertiary/aromatic N) is 1. The standard InChI is InChI=1S/C13H20N2O3S/c1-3-14-12-6-4-5-7-13(12)19(16,17)15-9-8-11(10-15)18-2/h4-7,11,14H,3,8-10H2,1-2H3. The fraction of sp³-hybridized carbons (Fsp3) is 0.538. The lowest BCUT2D eigenvalue weighted by molar-refractivity contribution is 0.115. The van der Waals surface area contributed by atoms with E-state index >= 15 is 0 Å². The Morgan fingerprint density at radius 1 is 1.42 bits per heavy atom. The van der Waals surface area contributed by atoms with Crippen molar-refractivity contribution in [3.8, 4) is 0 Å². The van der Waals surface area contributed by atoms with E-state index in [-0.39, 0.29) is 6.10 Å². The number of hydrogen-bond acceptors (Lipinski definition) is 4. The van der Waals surface area contributed by atoms with Crippen LogP contribution in [0.3, 0.4) is 0 Å². The molecule has 1 N–H and O–H groups in total. The second-order valence-electron chi connectivity index (χ2n) is 4.54. The first-order valence-corrected chi connectivity index (χ1v) is 7.89. The highest BCUT2D eigenvalue weighted by molar-refractivity contribution is 7.89. The minimum atomic E-state index is -3.44. The van der Waals surface area contributed by atoms with Gasteiger partial charge >= 0.3 is 0 Å². The number of para-hydroxylation sites is 1. The average Bonchev–Trinajstić information content (AvgIpc) is 2.89. The molecule has 0 bridgehead atoms. The van der Waals surface area contributed by atoms with Gasteiger partial charge in [0, 0.05) is 26.7 Å². The third-order valence-electron chi connectivity index (χ3n) is 3.31. The van der Waals surface area contributed by atoms with Crippen LogP contribution in [0.25, 0.3) is 0 Å². The van der Waals surface area contributed by atoms with Gasteiger partial charge < -0.3 is 10.1 Å². The molecule has 1 unspecified atom stereocenters. The molecule has 1 fully saturated rings. The Kier molecular flexibility index (Phi) is 4.44. The normalized spacial score (nSPS) is 20.6. The van der Waals surface area contributed by atoms with Gasteiger partial charge in [-0.05, 0) is 25.5 Å².